The Labute approximate surface area is 209 Å². The third-order valence-corrected chi connectivity index (χ3v) is 6.93. The molecule has 3 aromatic carbocycles. The number of halogens is 1. The molecule has 3 aromatic rings. The first-order valence-corrected chi connectivity index (χ1v) is 12.5. The number of esters is 1. The molecule has 0 fully saturated rings. The maximum atomic E-state index is 12.8. The molecule has 2 N–H and O–H groups in total. The molecule has 10 heteroatoms. The molecule has 0 unspecified atom stereocenters. The van der Waals surface area contributed by atoms with Crippen molar-refractivity contribution in [3.8, 4) is 5.75 Å². The molecule has 1 amide bonds. The molecule has 8 nitrogen and oxygen atoms in total. The lowest BCUT2D eigenvalue weighted by atomic mass is 10.2. The van der Waals surface area contributed by atoms with Gasteiger partial charge in [-0.3, -0.25) is 4.79 Å². The topological polar surface area (TPSA) is 111 Å². The average Bonchev–Trinajstić information content (AvgIpc) is 2.87. The third kappa shape index (κ3) is 7.29. The quantitative estimate of drug-likeness (QED) is 0.398. The van der Waals surface area contributed by atoms with Crippen molar-refractivity contribution in [1.82, 2.24) is 10.0 Å². The normalized spacial score (nSPS) is 12.0. The summed E-state index contributed by atoms with van der Waals surface area (Å²) >= 11 is 6.10. The molecule has 0 radical (unpaired) electrons. The fourth-order valence-corrected chi connectivity index (χ4v) is 4.59. The Balaban J connectivity index is 1.62. The molecule has 0 saturated heterocycles. The van der Waals surface area contributed by atoms with Gasteiger partial charge in [0.05, 0.1) is 17.7 Å². The van der Waals surface area contributed by atoms with Crippen LogP contribution in [0.25, 0.3) is 0 Å². The zero-order valence-electron chi connectivity index (χ0n) is 19.2. The summed E-state index contributed by atoms with van der Waals surface area (Å²) in [5, 5.41) is 2.64. The first-order valence-electron chi connectivity index (χ1n) is 10.6. The number of carbonyl (C=O) groups excluding carboxylic acids is 2. The molecule has 0 spiro atoms. The van der Waals surface area contributed by atoms with E-state index in [1.54, 1.807) is 55.6 Å². The molecule has 0 bridgehead atoms. The van der Waals surface area contributed by atoms with Gasteiger partial charge in [0, 0.05) is 13.1 Å². The number of hydrogen-bond acceptors (Lipinski definition) is 6. The number of methoxy groups -OCH3 is 1. The van der Waals surface area contributed by atoms with Gasteiger partial charge in [0.25, 0.3) is 5.91 Å². The van der Waals surface area contributed by atoms with Gasteiger partial charge in [0.15, 0.2) is 6.10 Å². The van der Waals surface area contributed by atoms with Crippen molar-refractivity contribution in [2.45, 2.75) is 31.0 Å². The predicted octanol–water partition coefficient (Wildman–Crippen LogP) is 3.69. The van der Waals surface area contributed by atoms with Gasteiger partial charge in [-0.1, -0.05) is 54.1 Å². The van der Waals surface area contributed by atoms with E-state index in [1.165, 1.54) is 19.1 Å². The highest BCUT2D eigenvalue weighted by molar-refractivity contribution is 7.89. The monoisotopic (exact) mass is 516 g/mol. The standard InChI is InChI=1S/C25H25ClN2O6S/c1-17(24(29)27-15-19-8-11-21(33-2)12-9-19)34-25(30)20-10-13-22(26)23(14-20)35(31,32)28-16-18-6-4-3-5-7-18/h3-14,17,28H,15-16H2,1-2H3,(H,27,29)/t17-/m1/s1. The van der Waals surface area contributed by atoms with Gasteiger partial charge in [-0.05, 0) is 48.4 Å². The van der Waals surface area contributed by atoms with Crippen molar-refractivity contribution >= 4 is 33.5 Å². The number of hydrogen-bond donors (Lipinski definition) is 2. The average molecular weight is 517 g/mol. The lowest BCUT2D eigenvalue weighted by molar-refractivity contribution is -0.129. The fourth-order valence-electron chi connectivity index (χ4n) is 3.05. The fraction of sp³-hybridized carbons (Fsp3) is 0.200. The van der Waals surface area contributed by atoms with Crippen LogP contribution in [0.2, 0.25) is 5.02 Å². The minimum atomic E-state index is -4.01. The van der Waals surface area contributed by atoms with Gasteiger partial charge in [-0.15, -0.1) is 0 Å². The van der Waals surface area contributed by atoms with E-state index >= 15 is 0 Å². The van der Waals surface area contributed by atoms with E-state index < -0.39 is 28.0 Å². The van der Waals surface area contributed by atoms with E-state index in [0.717, 1.165) is 17.2 Å². The first kappa shape index (κ1) is 26.2. The van der Waals surface area contributed by atoms with Gasteiger partial charge in [0.1, 0.15) is 10.6 Å². The minimum Gasteiger partial charge on any atom is -0.497 e. The SMILES string of the molecule is COc1ccc(CNC(=O)[C@@H](C)OC(=O)c2ccc(Cl)c(S(=O)(=O)NCc3ccccc3)c2)cc1. The minimum absolute atomic E-state index is 0.0487. The van der Waals surface area contributed by atoms with Crippen molar-refractivity contribution < 1.29 is 27.5 Å². The number of nitrogens with one attached hydrogen (secondary N) is 2. The molecule has 0 aromatic heterocycles. The Morgan fingerprint density at radius 3 is 2.26 bits per heavy atom. The first-order chi connectivity index (χ1) is 16.7. The highest BCUT2D eigenvalue weighted by Crippen LogP contribution is 2.23. The second kappa shape index (κ2) is 11.8. The summed E-state index contributed by atoms with van der Waals surface area (Å²) in [6.45, 7) is 1.72. The maximum Gasteiger partial charge on any atom is 0.338 e. The van der Waals surface area contributed by atoms with Crippen LogP contribution in [0.15, 0.2) is 77.7 Å². The van der Waals surface area contributed by atoms with E-state index in [4.69, 9.17) is 21.1 Å². The lowest BCUT2D eigenvalue weighted by Crippen LogP contribution is -2.35. The molecule has 1 atom stereocenters. The number of benzene rings is 3. The van der Waals surface area contributed by atoms with Crippen molar-refractivity contribution in [2.75, 3.05) is 7.11 Å². The van der Waals surface area contributed by atoms with E-state index in [-0.39, 0.29) is 28.6 Å². The Bertz CT molecular complexity index is 1280. The van der Waals surface area contributed by atoms with Gasteiger partial charge < -0.3 is 14.8 Å². The Hall–Kier alpha value is -3.40. The summed E-state index contributed by atoms with van der Waals surface area (Å²) in [4.78, 5) is 24.7. The van der Waals surface area contributed by atoms with E-state index in [2.05, 4.69) is 10.0 Å². The van der Waals surface area contributed by atoms with Gasteiger partial charge in [-0.25, -0.2) is 17.9 Å². The summed E-state index contributed by atoms with van der Waals surface area (Å²) in [7, 11) is -2.45. The van der Waals surface area contributed by atoms with Crippen LogP contribution in [-0.4, -0.2) is 33.5 Å². The number of rotatable bonds is 10. The van der Waals surface area contributed by atoms with Gasteiger partial charge in [0.2, 0.25) is 10.0 Å². The molecule has 3 rings (SSSR count). The van der Waals surface area contributed by atoms with Crippen LogP contribution in [0.1, 0.15) is 28.4 Å². The van der Waals surface area contributed by atoms with Crippen LogP contribution >= 0.6 is 11.6 Å². The number of sulfonamides is 1. The van der Waals surface area contributed by atoms with Crippen molar-refractivity contribution in [3.63, 3.8) is 0 Å². The highest BCUT2D eigenvalue weighted by atomic mass is 35.5. The van der Waals surface area contributed by atoms with Crippen LogP contribution in [-0.2, 0) is 32.6 Å². The molecule has 35 heavy (non-hydrogen) atoms. The van der Waals surface area contributed by atoms with Crippen molar-refractivity contribution in [3.05, 3.63) is 94.5 Å². The van der Waals surface area contributed by atoms with Crippen LogP contribution in [0.4, 0.5) is 0 Å². The molecule has 184 valence electrons. The predicted molar refractivity (Wildman–Crippen MR) is 132 cm³/mol. The van der Waals surface area contributed by atoms with Crippen LogP contribution < -0.4 is 14.8 Å². The largest absolute Gasteiger partial charge is 0.497 e. The third-order valence-electron chi connectivity index (χ3n) is 5.04. The Kier molecular flexibility index (Phi) is 8.86. The molecule has 0 saturated carbocycles. The van der Waals surface area contributed by atoms with Crippen LogP contribution in [0, 0.1) is 0 Å². The lowest BCUT2D eigenvalue weighted by Gasteiger charge is -2.15. The molecule has 0 heterocycles. The highest BCUT2D eigenvalue weighted by Gasteiger charge is 2.23. The molecular weight excluding hydrogens is 492 g/mol. The second-order valence-corrected chi connectivity index (χ2v) is 9.71. The number of amides is 1. The maximum absolute atomic E-state index is 12.8. The zero-order valence-corrected chi connectivity index (χ0v) is 20.7. The summed E-state index contributed by atoms with van der Waals surface area (Å²) in [5.74, 6) is -0.657. The number of carbonyl (C=O) groups is 2. The van der Waals surface area contributed by atoms with E-state index in [0.29, 0.717) is 5.75 Å². The van der Waals surface area contributed by atoms with E-state index in [9.17, 15) is 18.0 Å². The Morgan fingerprint density at radius 1 is 0.943 bits per heavy atom. The summed E-state index contributed by atoms with van der Waals surface area (Å²) in [6, 6.07) is 19.9. The van der Waals surface area contributed by atoms with Crippen LogP contribution in [0.5, 0.6) is 5.75 Å². The molecule has 0 aliphatic carbocycles. The second-order valence-electron chi connectivity index (χ2n) is 7.57. The zero-order chi connectivity index (χ0) is 25.4. The molecule has 0 aliphatic heterocycles. The van der Waals surface area contributed by atoms with Crippen molar-refractivity contribution in [1.29, 1.82) is 0 Å². The summed E-state index contributed by atoms with van der Waals surface area (Å²) < 4.78 is 38.3. The van der Waals surface area contributed by atoms with Gasteiger partial charge in [-0.2, -0.15) is 0 Å². The summed E-state index contributed by atoms with van der Waals surface area (Å²) in [5.41, 5.74) is 1.55. The Morgan fingerprint density at radius 2 is 1.60 bits per heavy atom. The van der Waals surface area contributed by atoms with Crippen LogP contribution in [0.3, 0.4) is 0 Å². The molecule has 0 aliphatic rings. The van der Waals surface area contributed by atoms with Gasteiger partial charge >= 0.3 is 5.97 Å². The summed E-state index contributed by atoms with van der Waals surface area (Å²) in [6.07, 6.45) is -1.10. The smallest absolute Gasteiger partial charge is 0.338 e. The number of ether oxygens (including phenoxy) is 2. The van der Waals surface area contributed by atoms with Crippen molar-refractivity contribution in [2.24, 2.45) is 0 Å². The van der Waals surface area contributed by atoms with E-state index in [1.807, 2.05) is 6.07 Å². The molecular formula is C25H25ClN2O6S.